The number of carbonyl (C=O) groups excluding carboxylic acids is 1. The highest BCUT2D eigenvalue weighted by atomic mass is 19.1. The van der Waals surface area contributed by atoms with E-state index in [2.05, 4.69) is 4.99 Å². The largest absolute Gasteiger partial charge is 0.478 e. The lowest BCUT2D eigenvalue weighted by molar-refractivity contribution is -0.132. The van der Waals surface area contributed by atoms with E-state index in [1.54, 1.807) is 14.0 Å². The Morgan fingerprint density at radius 2 is 2.16 bits per heavy atom. The van der Waals surface area contributed by atoms with E-state index in [-0.39, 0.29) is 18.4 Å². The fourth-order valence-electron chi connectivity index (χ4n) is 2.04. The van der Waals surface area contributed by atoms with Gasteiger partial charge in [0.2, 0.25) is 0 Å². The topological polar surface area (TPSA) is 70.0 Å². The van der Waals surface area contributed by atoms with Crippen molar-refractivity contribution in [1.29, 1.82) is 0 Å². The Bertz CT molecular complexity index is 585. The second kappa shape index (κ2) is 4.79. The van der Waals surface area contributed by atoms with Crippen molar-refractivity contribution in [3.8, 4) is 0 Å². The van der Waals surface area contributed by atoms with Gasteiger partial charge in [0.1, 0.15) is 0 Å². The quantitative estimate of drug-likeness (QED) is 0.783. The van der Waals surface area contributed by atoms with Crippen LogP contribution in [0.15, 0.2) is 39.6 Å². The van der Waals surface area contributed by atoms with Gasteiger partial charge in [-0.1, -0.05) is 0 Å². The molecule has 0 aromatic rings. The first kappa shape index (κ1) is 13.2. The van der Waals surface area contributed by atoms with Crippen molar-refractivity contribution in [2.75, 3.05) is 7.05 Å². The van der Waals surface area contributed by atoms with Gasteiger partial charge in [-0.3, -0.25) is 9.79 Å². The molecule has 2 aliphatic rings. The van der Waals surface area contributed by atoms with Crippen LogP contribution in [0, 0.1) is 0 Å². The zero-order chi connectivity index (χ0) is 14.2. The molecule has 100 valence electrons. The molecule has 0 bridgehead atoms. The Balaban J connectivity index is 2.39. The molecule has 0 radical (unpaired) electrons. The van der Waals surface area contributed by atoms with Crippen molar-refractivity contribution >= 4 is 18.0 Å². The van der Waals surface area contributed by atoms with Crippen LogP contribution in [0.4, 0.5) is 4.39 Å². The number of allylic oxidation sites excluding steroid dienone is 4. The summed E-state index contributed by atoms with van der Waals surface area (Å²) in [4.78, 5) is 28.0. The number of aliphatic imine (C=N–C) groups is 1. The molecule has 2 rings (SSSR count). The maximum Gasteiger partial charge on any atom is 0.333 e. The van der Waals surface area contributed by atoms with Gasteiger partial charge in [0.25, 0.3) is 0 Å². The van der Waals surface area contributed by atoms with Crippen molar-refractivity contribution in [3.63, 3.8) is 0 Å². The van der Waals surface area contributed by atoms with Crippen LogP contribution in [-0.2, 0) is 9.59 Å². The third-order valence-electron chi connectivity index (χ3n) is 3.17. The molecule has 1 N–H and O–H groups in total. The van der Waals surface area contributed by atoms with E-state index in [9.17, 15) is 14.0 Å². The van der Waals surface area contributed by atoms with E-state index in [0.717, 1.165) is 6.20 Å². The summed E-state index contributed by atoms with van der Waals surface area (Å²) < 4.78 is 13.1. The summed E-state index contributed by atoms with van der Waals surface area (Å²) in [5.41, 5.74) is 1.85. The average molecular weight is 264 g/mol. The summed E-state index contributed by atoms with van der Waals surface area (Å²) in [6, 6.07) is 0. The van der Waals surface area contributed by atoms with Crippen LogP contribution in [0.5, 0.6) is 0 Å². The van der Waals surface area contributed by atoms with Crippen LogP contribution in [0.1, 0.15) is 19.8 Å². The number of carbonyl (C=O) groups is 2. The standard InChI is InChI=1S/C13H13FN2O3/c1-7-9(13(18)19)3-8(5-15-7)11-4-12(17)10(14)6-16(11)2/h5-6H,3-4H2,1-2H3,(H,18,19). The zero-order valence-electron chi connectivity index (χ0n) is 10.6. The number of hydrogen-bond donors (Lipinski definition) is 1. The molecule has 0 spiro atoms. The predicted octanol–water partition coefficient (Wildman–Crippen LogP) is 1.79. The third kappa shape index (κ3) is 2.47. The number of nitrogens with zero attached hydrogens (tertiary/aromatic N) is 2. The second-order valence-electron chi connectivity index (χ2n) is 4.46. The monoisotopic (exact) mass is 264 g/mol. The van der Waals surface area contributed by atoms with Crippen molar-refractivity contribution in [3.05, 3.63) is 34.6 Å². The summed E-state index contributed by atoms with van der Waals surface area (Å²) in [6.45, 7) is 1.62. The van der Waals surface area contributed by atoms with Gasteiger partial charge < -0.3 is 10.0 Å². The van der Waals surface area contributed by atoms with Crippen LogP contribution in [0.2, 0.25) is 0 Å². The molecule has 19 heavy (non-hydrogen) atoms. The first-order valence-corrected chi connectivity index (χ1v) is 5.72. The average Bonchev–Trinajstić information content (AvgIpc) is 2.34. The number of halogens is 1. The van der Waals surface area contributed by atoms with E-state index in [1.807, 2.05) is 0 Å². The first-order valence-electron chi connectivity index (χ1n) is 5.72. The van der Waals surface area contributed by atoms with Crippen LogP contribution in [-0.4, -0.2) is 35.0 Å². The minimum absolute atomic E-state index is 0.0772. The van der Waals surface area contributed by atoms with Crippen LogP contribution in [0.3, 0.4) is 0 Å². The minimum Gasteiger partial charge on any atom is -0.478 e. The summed E-state index contributed by atoms with van der Waals surface area (Å²) in [6.07, 6.45) is 2.75. The van der Waals surface area contributed by atoms with E-state index < -0.39 is 17.6 Å². The van der Waals surface area contributed by atoms with Gasteiger partial charge >= 0.3 is 5.97 Å². The van der Waals surface area contributed by atoms with Gasteiger partial charge in [-0.2, -0.15) is 0 Å². The number of aliphatic carboxylic acids is 1. The van der Waals surface area contributed by atoms with E-state index >= 15 is 0 Å². The number of ketones is 1. The fourth-order valence-corrected chi connectivity index (χ4v) is 2.04. The number of carboxylic acid groups (broad SMARTS) is 1. The van der Waals surface area contributed by atoms with Gasteiger partial charge in [-0.25, -0.2) is 9.18 Å². The molecule has 6 heteroatoms. The van der Waals surface area contributed by atoms with Gasteiger partial charge in [0.05, 0.1) is 12.0 Å². The Morgan fingerprint density at radius 1 is 1.47 bits per heavy atom. The summed E-state index contributed by atoms with van der Waals surface area (Å²) in [5.74, 6) is -2.42. The Kier molecular flexibility index (Phi) is 3.33. The molecular formula is C13H13FN2O3. The molecule has 0 aliphatic carbocycles. The molecule has 0 fully saturated rings. The second-order valence-corrected chi connectivity index (χ2v) is 4.46. The molecule has 2 aliphatic heterocycles. The maximum atomic E-state index is 13.1. The first-order chi connectivity index (χ1) is 8.90. The Labute approximate surface area is 109 Å². The van der Waals surface area contributed by atoms with Crippen LogP contribution in [0.25, 0.3) is 0 Å². The number of carboxylic acids is 1. The molecule has 0 unspecified atom stereocenters. The van der Waals surface area contributed by atoms with E-state index in [4.69, 9.17) is 5.11 Å². The summed E-state index contributed by atoms with van der Waals surface area (Å²) in [5, 5.41) is 9.08. The molecule has 5 nitrogen and oxygen atoms in total. The molecule has 0 atom stereocenters. The molecule has 0 saturated carbocycles. The normalized spacial score (nSPS) is 23.8. The van der Waals surface area contributed by atoms with Crippen LogP contribution < -0.4 is 0 Å². The fraction of sp³-hybridized carbons (Fsp3) is 0.308. The lowest BCUT2D eigenvalue weighted by Crippen LogP contribution is -2.24. The lowest BCUT2D eigenvalue weighted by atomic mass is 9.96. The smallest absolute Gasteiger partial charge is 0.333 e. The van der Waals surface area contributed by atoms with Crippen LogP contribution >= 0.6 is 0 Å². The minimum atomic E-state index is -1.03. The lowest BCUT2D eigenvalue weighted by Gasteiger charge is -2.26. The maximum absolute atomic E-state index is 13.1. The van der Waals surface area contributed by atoms with E-state index in [0.29, 0.717) is 17.0 Å². The van der Waals surface area contributed by atoms with Crippen molar-refractivity contribution in [2.45, 2.75) is 19.8 Å². The Hall–Kier alpha value is -2.24. The highest BCUT2D eigenvalue weighted by Gasteiger charge is 2.26. The van der Waals surface area contributed by atoms with Crippen molar-refractivity contribution in [2.24, 2.45) is 4.99 Å². The highest BCUT2D eigenvalue weighted by Crippen LogP contribution is 2.28. The zero-order valence-corrected chi connectivity index (χ0v) is 10.6. The number of rotatable bonds is 1. The van der Waals surface area contributed by atoms with E-state index in [1.165, 1.54) is 11.1 Å². The molecule has 0 amide bonds. The predicted molar refractivity (Wildman–Crippen MR) is 67.0 cm³/mol. The Morgan fingerprint density at radius 3 is 2.79 bits per heavy atom. The molecule has 0 aromatic heterocycles. The molecule has 0 aromatic carbocycles. The molecule has 0 saturated heterocycles. The highest BCUT2D eigenvalue weighted by molar-refractivity contribution is 5.98. The van der Waals surface area contributed by atoms with Crippen molar-refractivity contribution < 1.29 is 19.1 Å². The number of Topliss-reactive ketones (excluding diaryl/α,β-unsaturated/α-hetero) is 1. The van der Waals surface area contributed by atoms with Gasteiger partial charge in [0.15, 0.2) is 11.6 Å². The molecule has 2 heterocycles. The summed E-state index contributed by atoms with van der Waals surface area (Å²) >= 11 is 0. The SMILES string of the molecule is CC1=C(C(=O)O)CC(=C2CC(=O)C(F)=CN2C)C=N1. The summed E-state index contributed by atoms with van der Waals surface area (Å²) in [7, 11) is 1.62. The van der Waals surface area contributed by atoms with Crippen molar-refractivity contribution in [1.82, 2.24) is 4.90 Å². The van der Waals surface area contributed by atoms with Gasteiger partial charge in [0, 0.05) is 37.3 Å². The van der Waals surface area contributed by atoms with Gasteiger partial charge in [-0.15, -0.1) is 0 Å². The number of hydrogen-bond acceptors (Lipinski definition) is 4. The molecular weight excluding hydrogens is 251 g/mol. The third-order valence-corrected chi connectivity index (χ3v) is 3.17. The van der Waals surface area contributed by atoms with Gasteiger partial charge in [-0.05, 0) is 12.5 Å².